The van der Waals surface area contributed by atoms with Gasteiger partial charge >= 0.3 is 12.1 Å². The lowest BCUT2D eigenvalue weighted by Gasteiger charge is -2.25. The summed E-state index contributed by atoms with van der Waals surface area (Å²) in [6.45, 7) is 10.4. The van der Waals surface area contributed by atoms with Crippen LogP contribution < -0.4 is 5.32 Å². The van der Waals surface area contributed by atoms with Gasteiger partial charge in [0.15, 0.2) is 6.04 Å². The first-order chi connectivity index (χ1) is 7.91. The average molecular weight is 261 g/mol. The van der Waals surface area contributed by atoms with Gasteiger partial charge in [0.25, 0.3) is 0 Å². The summed E-state index contributed by atoms with van der Waals surface area (Å²) in [4.78, 5) is 22.4. The molecule has 0 rings (SSSR count). The Bertz CT molecular complexity index is 301. The van der Waals surface area contributed by atoms with E-state index in [1.165, 1.54) is 0 Å². The number of hydrogen-bond acceptors (Lipinski definition) is 4. The molecule has 0 bridgehead atoms. The monoisotopic (exact) mass is 261 g/mol. The molecule has 0 aromatic carbocycles. The van der Waals surface area contributed by atoms with Crippen LogP contribution in [0.1, 0.15) is 41.5 Å². The minimum atomic E-state index is -1.16. The number of rotatable bonds is 4. The number of aliphatic carboxylic acids is 1. The molecule has 0 spiro atoms. The molecule has 6 heteroatoms. The van der Waals surface area contributed by atoms with E-state index in [-0.39, 0.29) is 6.61 Å². The topological polar surface area (TPSA) is 84.9 Å². The molecule has 0 saturated carbocycles. The van der Waals surface area contributed by atoms with E-state index in [0.29, 0.717) is 0 Å². The number of carbonyl (C=O) groups is 2. The molecule has 0 radical (unpaired) electrons. The summed E-state index contributed by atoms with van der Waals surface area (Å²) < 4.78 is 10.3. The summed E-state index contributed by atoms with van der Waals surface area (Å²) in [6, 6.07) is -1.13. The first kappa shape index (κ1) is 16.7. The van der Waals surface area contributed by atoms with Crippen molar-refractivity contribution in [1.82, 2.24) is 5.32 Å². The first-order valence-corrected chi connectivity index (χ1v) is 5.77. The van der Waals surface area contributed by atoms with Gasteiger partial charge < -0.3 is 19.9 Å². The molecule has 0 aromatic rings. The zero-order chi connectivity index (χ0) is 14.6. The Morgan fingerprint density at radius 1 is 1.11 bits per heavy atom. The second kappa shape index (κ2) is 6.04. The van der Waals surface area contributed by atoms with Gasteiger partial charge in [0, 0.05) is 0 Å². The molecular weight excluding hydrogens is 238 g/mol. The fraction of sp³-hybridized carbons (Fsp3) is 0.833. The van der Waals surface area contributed by atoms with Gasteiger partial charge in [0.2, 0.25) is 0 Å². The summed E-state index contributed by atoms with van der Waals surface area (Å²) in [7, 11) is 0. The van der Waals surface area contributed by atoms with Gasteiger partial charge in [-0.05, 0) is 41.5 Å². The number of amides is 1. The minimum absolute atomic E-state index is 0.113. The standard InChI is InChI=1S/C12H23NO5/c1-11(2,3)17-7-8(9(14)15)13-10(16)18-12(4,5)6/h8H,7H2,1-6H3,(H,13,16)(H,14,15). The number of hydrogen-bond donors (Lipinski definition) is 2. The molecule has 1 atom stereocenters. The Labute approximate surface area is 108 Å². The zero-order valence-electron chi connectivity index (χ0n) is 11.9. The molecule has 1 unspecified atom stereocenters. The van der Waals surface area contributed by atoms with E-state index in [9.17, 15) is 9.59 Å². The van der Waals surface area contributed by atoms with Gasteiger partial charge in [-0.1, -0.05) is 0 Å². The van der Waals surface area contributed by atoms with E-state index in [4.69, 9.17) is 14.6 Å². The second-order valence-corrected chi connectivity index (χ2v) is 5.96. The lowest BCUT2D eigenvalue weighted by molar-refractivity contribution is -0.142. The molecule has 2 N–H and O–H groups in total. The number of carboxylic acid groups (broad SMARTS) is 1. The van der Waals surface area contributed by atoms with Gasteiger partial charge in [-0.2, -0.15) is 0 Å². The molecule has 0 aliphatic heterocycles. The van der Waals surface area contributed by atoms with E-state index in [0.717, 1.165) is 0 Å². The van der Waals surface area contributed by atoms with Crippen molar-refractivity contribution < 1.29 is 24.2 Å². The van der Waals surface area contributed by atoms with Crippen LogP contribution in [0.2, 0.25) is 0 Å². The van der Waals surface area contributed by atoms with Crippen molar-refractivity contribution in [2.24, 2.45) is 0 Å². The van der Waals surface area contributed by atoms with Crippen LogP contribution in [-0.4, -0.2) is 41.0 Å². The van der Waals surface area contributed by atoms with Crippen LogP contribution in [0.5, 0.6) is 0 Å². The lowest BCUT2D eigenvalue weighted by atomic mass is 10.2. The van der Waals surface area contributed by atoms with E-state index >= 15 is 0 Å². The molecule has 106 valence electrons. The van der Waals surface area contributed by atoms with Gasteiger partial charge in [-0.15, -0.1) is 0 Å². The Hall–Kier alpha value is -1.30. The summed E-state index contributed by atoms with van der Waals surface area (Å²) in [5.41, 5.74) is -1.14. The third-order valence-electron chi connectivity index (χ3n) is 1.67. The quantitative estimate of drug-likeness (QED) is 0.805. The molecule has 0 saturated heterocycles. The highest BCUT2D eigenvalue weighted by molar-refractivity contribution is 5.80. The molecule has 0 aliphatic rings. The highest BCUT2D eigenvalue weighted by Crippen LogP contribution is 2.09. The van der Waals surface area contributed by atoms with Gasteiger partial charge in [0.1, 0.15) is 5.60 Å². The predicted octanol–water partition coefficient (Wildman–Crippen LogP) is 1.78. The molecular formula is C12H23NO5. The maximum Gasteiger partial charge on any atom is 0.408 e. The van der Waals surface area contributed by atoms with E-state index in [1.54, 1.807) is 41.5 Å². The Morgan fingerprint density at radius 2 is 1.61 bits per heavy atom. The Kier molecular flexibility index (Phi) is 5.60. The van der Waals surface area contributed by atoms with Crippen LogP contribution >= 0.6 is 0 Å². The molecule has 18 heavy (non-hydrogen) atoms. The molecule has 0 aromatic heterocycles. The van der Waals surface area contributed by atoms with E-state index in [2.05, 4.69) is 5.32 Å². The van der Waals surface area contributed by atoms with Crippen molar-refractivity contribution in [1.29, 1.82) is 0 Å². The third kappa shape index (κ3) is 8.81. The third-order valence-corrected chi connectivity index (χ3v) is 1.67. The van der Waals surface area contributed by atoms with Crippen LogP contribution in [0.15, 0.2) is 0 Å². The van der Waals surface area contributed by atoms with Crippen LogP contribution in [-0.2, 0) is 14.3 Å². The smallest absolute Gasteiger partial charge is 0.408 e. The van der Waals surface area contributed by atoms with Crippen molar-refractivity contribution in [2.75, 3.05) is 6.61 Å². The van der Waals surface area contributed by atoms with Crippen molar-refractivity contribution in [3.63, 3.8) is 0 Å². The summed E-state index contributed by atoms with van der Waals surface area (Å²) >= 11 is 0. The number of nitrogens with one attached hydrogen (secondary N) is 1. The van der Waals surface area contributed by atoms with Crippen LogP contribution in [0.4, 0.5) is 4.79 Å². The maximum atomic E-state index is 11.4. The molecule has 6 nitrogen and oxygen atoms in total. The van der Waals surface area contributed by atoms with Crippen LogP contribution in [0, 0.1) is 0 Å². The largest absolute Gasteiger partial charge is 0.480 e. The van der Waals surface area contributed by atoms with Crippen LogP contribution in [0.25, 0.3) is 0 Å². The summed E-state index contributed by atoms with van der Waals surface area (Å²) in [5, 5.41) is 11.2. The number of alkyl carbamates (subject to hydrolysis) is 1. The van der Waals surface area contributed by atoms with Gasteiger partial charge in [-0.3, -0.25) is 0 Å². The first-order valence-electron chi connectivity index (χ1n) is 5.77. The highest BCUT2D eigenvalue weighted by Gasteiger charge is 2.25. The molecule has 0 aliphatic carbocycles. The number of carbonyl (C=O) groups excluding carboxylic acids is 1. The molecule has 1 amide bonds. The van der Waals surface area contributed by atoms with Crippen molar-refractivity contribution in [2.45, 2.75) is 58.8 Å². The fourth-order valence-electron chi connectivity index (χ4n) is 0.958. The Morgan fingerprint density at radius 3 is 1.94 bits per heavy atom. The second-order valence-electron chi connectivity index (χ2n) is 5.96. The number of carboxylic acids is 1. The summed E-state index contributed by atoms with van der Waals surface area (Å²) in [5.74, 6) is -1.16. The minimum Gasteiger partial charge on any atom is -0.480 e. The average Bonchev–Trinajstić information content (AvgIpc) is 2.06. The normalized spacial score (nSPS) is 13.9. The van der Waals surface area contributed by atoms with Gasteiger partial charge in [-0.25, -0.2) is 9.59 Å². The predicted molar refractivity (Wildman–Crippen MR) is 66.5 cm³/mol. The van der Waals surface area contributed by atoms with Crippen molar-refractivity contribution in [3.05, 3.63) is 0 Å². The highest BCUT2D eigenvalue weighted by atomic mass is 16.6. The van der Waals surface area contributed by atoms with Crippen molar-refractivity contribution >= 4 is 12.1 Å². The zero-order valence-corrected chi connectivity index (χ0v) is 11.9. The lowest BCUT2D eigenvalue weighted by Crippen LogP contribution is -2.47. The fourth-order valence-corrected chi connectivity index (χ4v) is 0.958. The SMILES string of the molecule is CC(C)(C)OCC(NC(=O)OC(C)(C)C)C(=O)O. The summed E-state index contributed by atoms with van der Waals surface area (Å²) in [6.07, 6.45) is -0.771. The Balaban J connectivity index is 4.37. The van der Waals surface area contributed by atoms with Crippen LogP contribution in [0.3, 0.4) is 0 Å². The molecule has 0 heterocycles. The van der Waals surface area contributed by atoms with E-state index < -0.39 is 29.3 Å². The maximum absolute atomic E-state index is 11.4. The van der Waals surface area contributed by atoms with Gasteiger partial charge in [0.05, 0.1) is 12.2 Å². The molecule has 0 fully saturated rings. The number of ether oxygens (including phenoxy) is 2. The van der Waals surface area contributed by atoms with Crippen molar-refractivity contribution in [3.8, 4) is 0 Å². The van der Waals surface area contributed by atoms with E-state index in [1.807, 2.05) is 0 Å².